The zero-order chi connectivity index (χ0) is 12.1. The van der Waals surface area contributed by atoms with E-state index in [-0.39, 0.29) is 12.7 Å². The fourth-order valence-corrected chi connectivity index (χ4v) is 2.22. The molecular weight excluding hydrogens is 212 g/mol. The van der Waals surface area contributed by atoms with Crippen LogP contribution in [0.5, 0.6) is 0 Å². The van der Waals surface area contributed by atoms with E-state index in [0.29, 0.717) is 0 Å². The van der Waals surface area contributed by atoms with E-state index in [4.69, 9.17) is 10.5 Å². The smallest absolute Gasteiger partial charge is 0.153 e. The van der Waals surface area contributed by atoms with Crippen LogP contribution in [-0.2, 0) is 10.3 Å². The molecule has 0 saturated heterocycles. The maximum Gasteiger partial charge on any atom is 0.153 e. The molecule has 90 valence electrons. The molecule has 2 N–H and O–H groups in total. The van der Waals surface area contributed by atoms with Crippen molar-refractivity contribution >= 4 is 0 Å². The van der Waals surface area contributed by atoms with Gasteiger partial charge in [-0.1, -0.05) is 43.2 Å². The maximum absolute atomic E-state index is 9.26. The molecule has 1 aliphatic rings. The monoisotopic (exact) mass is 230 g/mol. The Morgan fingerprint density at radius 2 is 1.94 bits per heavy atom. The Hall–Kier alpha value is -1.37. The van der Waals surface area contributed by atoms with Gasteiger partial charge >= 0.3 is 0 Å². The first kappa shape index (κ1) is 12.1. The maximum atomic E-state index is 9.26. The van der Waals surface area contributed by atoms with E-state index in [1.54, 1.807) is 0 Å². The third kappa shape index (κ3) is 2.85. The third-order valence-corrected chi connectivity index (χ3v) is 3.34. The van der Waals surface area contributed by atoms with Crippen molar-refractivity contribution in [2.24, 2.45) is 5.73 Å². The number of hydrogen-bond donors (Lipinski definition) is 1. The van der Waals surface area contributed by atoms with E-state index in [9.17, 15) is 5.26 Å². The molecule has 1 saturated carbocycles. The largest absolute Gasteiger partial charge is 0.375 e. The zero-order valence-electron chi connectivity index (χ0n) is 9.93. The van der Waals surface area contributed by atoms with E-state index in [0.717, 1.165) is 18.4 Å². The molecule has 0 aromatic heterocycles. The molecule has 0 spiro atoms. The molecule has 0 heterocycles. The predicted molar refractivity (Wildman–Crippen MR) is 66.1 cm³/mol. The normalized spacial score (nSPS) is 19.8. The number of rotatable bonds is 4. The molecule has 0 amide bonds. The van der Waals surface area contributed by atoms with Crippen LogP contribution in [0.15, 0.2) is 30.3 Å². The van der Waals surface area contributed by atoms with Crippen LogP contribution < -0.4 is 5.73 Å². The van der Waals surface area contributed by atoms with Gasteiger partial charge in [-0.05, 0) is 18.4 Å². The van der Waals surface area contributed by atoms with Gasteiger partial charge in [-0.2, -0.15) is 5.26 Å². The molecule has 0 radical (unpaired) electrons. The Labute approximate surface area is 102 Å². The number of hydrogen-bond acceptors (Lipinski definition) is 3. The summed E-state index contributed by atoms with van der Waals surface area (Å²) in [6.45, 7) is 0.276. The lowest BCUT2D eigenvalue weighted by Crippen LogP contribution is -2.41. The molecular formula is C14H18N2O. The minimum absolute atomic E-state index is 0.276. The summed E-state index contributed by atoms with van der Waals surface area (Å²) in [7, 11) is 0. The number of nitrogens with two attached hydrogens (primary N) is 1. The van der Waals surface area contributed by atoms with Gasteiger partial charge in [0.1, 0.15) is 0 Å². The highest BCUT2D eigenvalue weighted by molar-refractivity contribution is 5.30. The van der Waals surface area contributed by atoms with Crippen molar-refractivity contribution < 1.29 is 4.74 Å². The van der Waals surface area contributed by atoms with Gasteiger partial charge in [-0.25, -0.2) is 0 Å². The molecule has 3 heteroatoms. The number of benzene rings is 1. The Kier molecular flexibility index (Phi) is 3.78. The first-order valence-electron chi connectivity index (χ1n) is 6.12. The summed E-state index contributed by atoms with van der Waals surface area (Å²) in [6, 6.07) is 11.6. The SMILES string of the molecule is N#CC(N)(COC1CCCC1)c1ccccc1. The zero-order valence-corrected chi connectivity index (χ0v) is 9.93. The van der Waals surface area contributed by atoms with Crippen molar-refractivity contribution in [2.45, 2.75) is 37.3 Å². The fraction of sp³-hybridized carbons (Fsp3) is 0.500. The van der Waals surface area contributed by atoms with Gasteiger partial charge in [0.05, 0.1) is 18.8 Å². The molecule has 1 aromatic rings. The summed E-state index contributed by atoms with van der Waals surface area (Å²) in [5, 5.41) is 9.26. The molecule has 17 heavy (non-hydrogen) atoms. The van der Waals surface area contributed by atoms with Crippen LogP contribution in [-0.4, -0.2) is 12.7 Å². The van der Waals surface area contributed by atoms with E-state index in [2.05, 4.69) is 6.07 Å². The first-order valence-corrected chi connectivity index (χ1v) is 6.12. The quantitative estimate of drug-likeness (QED) is 0.863. The molecule has 1 aliphatic carbocycles. The standard InChI is InChI=1S/C14H18N2O/c15-10-14(16,12-6-2-1-3-7-12)11-17-13-8-4-5-9-13/h1-3,6-7,13H,4-5,8-9,11,16H2. The van der Waals surface area contributed by atoms with Crippen molar-refractivity contribution in [3.63, 3.8) is 0 Å². The Morgan fingerprint density at radius 1 is 1.29 bits per heavy atom. The molecule has 3 nitrogen and oxygen atoms in total. The number of ether oxygens (including phenoxy) is 1. The Bertz CT molecular complexity index is 392. The van der Waals surface area contributed by atoms with Crippen LogP contribution in [0.4, 0.5) is 0 Å². The van der Waals surface area contributed by atoms with Crippen LogP contribution in [0.1, 0.15) is 31.2 Å². The van der Waals surface area contributed by atoms with Crippen LogP contribution >= 0.6 is 0 Å². The van der Waals surface area contributed by atoms with Crippen LogP contribution in [0, 0.1) is 11.3 Å². The van der Waals surface area contributed by atoms with E-state index in [1.165, 1.54) is 12.8 Å². The van der Waals surface area contributed by atoms with E-state index in [1.807, 2.05) is 30.3 Å². The number of nitriles is 1. The van der Waals surface area contributed by atoms with Gasteiger partial charge in [-0.15, -0.1) is 0 Å². The van der Waals surface area contributed by atoms with Gasteiger partial charge in [0, 0.05) is 0 Å². The second-order valence-electron chi connectivity index (χ2n) is 4.67. The molecule has 1 aromatic carbocycles. The second kappa shape index (κ2) is 5.31. The van der Waals surface area contributed by atoms with Gasteiger partial charge < -0.3 is 10.5 Å². The van der Waals surface area contributed by atoms with Gasteiger partial charge in [0.2, 0.25) is 0 Å². The lowest BCUT2D eigenvalue weighted by molar-refractivity contribution is 0.0354. The molecule has 1 unspecified atom stereocenters. The van der Waals surface area contributed by atoms with E-state index >= 15 is 0 Å². The van der Waals surface area contributed by atoms with Gasteiger partial charge in [-0.3, -0.25) is 0 Å². The van der Waals surface area contributed by atoms with Crippen LogP contribution in [0.3, 0.4) is 0 Å². The molecule has 0 bridgehead atoms. The lowest BCUT2D eigenvalue weighted by Gasteiger charge is -2.24. The summed E-state index contributed by atoms with van der Waals surface area (Å²) >= 11 is 0. The molecule has 2 rings (SSSR count). The summed E-state index contributed by atoms with van der Waals surface area (Å²) in [5.41, 5.74) is 5.91. The second-order valence-corrected chi connectivity index (χ2v) is 4.67. The van der Waals surface area contributed by atoms with Crippen LogP contribution in [0.2, 0.25) is 0 Å². The minimum Gasteiger partial charge on any atom is -0.375 e. The van der Waals surface area contributed by atoms with E-state index < -0.39 is 5.54 Å². The first-order chi connectivity index (χ1) is 8.24. The summed E-state index contributed by atoms with van der Waals surface area (Å²) in [6.07, 6.45) is 4.92. The molecule has 1 atom stereocenters. The van der Waals surface area contributed by atoms with Crippen molar-refractivity contribution in [3.05, 3.63) is 35.9 Å². The van der Waals surface area contributed by atoms with Crippen molar-refractivity contribution in [3.8, 4) is 6.07 Å². The topological polar surface area (TPSA) is 59.0 Å². The Morgan fingerprint density at radius 3 is 2.53 bits per heavy atom. The predicted octanol–water partition coefficient (Wildman–Crippen LogP) is 2.32. The summed E-state index contributed by atoms with van der Waals surface area (Å²) < 4.78 is 5.77. The highest BCUT2D eigenvalue weighted by atomic mass is 16.5. The summed E-state index contributed by atoms with van der Waals surface area (Å²) in [5.74, 6) is 0. The average molecular weight is 230 g/mol. The Balaban J connectivity index is 2.02. The lowest BCUT2D eigenvalue weighted by atomic mass is 9.93. The van der Waals surface area contributed by atoms with Crippen molar-refractivity contribution in [2.75, 3.05) is 6.61 Å². The minimum atomic E-state index is -1.02. The van der Waals surface area contributed by atoms with Crippen molar-refractivity contribution in [1.29, 1.82) is 5.26 Å². The van der Waals surface area contributed by atoms with Gasteiger partial charge in [0.15, 0.2) is 5.54 Å². The third-order valence-electron chi connectivity index (χ3n) is 3.34. The van der Waals surface area contributed by atoms with Gasteiger partial charge in [0.25, 0.3) is 0 Å². The number of nitrogens with zero attached hydrogens (tertiary/aromatic N) is 1. The highest BCUT2D eigenvalue weighted by Gasteiger charge is 2.29. The van der Waals surface area contributed by atoms with Crippen LogP contribution in [0.25, 0.3) is 0 Å². The molecule has 0 aliphatic heterocycles. The van der Waals surface area contributed by atoms with Crippen molar-refractivity contribution in [1.82, 2.24) is 0 Å². The fourth-order valence-electron chi connectivity index (χ4n) is 2.22. The molecule has 1 fully saturated rings. The highest BCUT2D eigenvalue weighted by Crippen LogP contribution is 2.24. The summed E-state index contributed by atoms with van der Waals surface area (Å²) in [4.78, 5) is 0. The average Bonchev–Trinajstić information content (AvgIpc) is 2.90.